The predicted molar refractivity (Wildman–Crippen MR) is 103 cm³/mol. The maximum atomic E-state index is 11.9. The van der Waals surface area contributed by atoms with Crippen molar-refractivity contribution in [1.82, 2.24) is 14.8 Å². The van der Waals surface area contributed by atoms with Gasteiger partial charge in [-0.2, -0.15) is 5.10 Å². The minimum atomic E-state index is -0.228. The molecule has 0 aliphatic carbocycles. The maximum absolute atomic E-state index is 11.9. The van der Waals surface area contributed by atoms with E-state index in [0.29, 0.717) is 18.8 Å². The fraction of sp³-hybridized carbons (Fsp3) is 0.474. The summed E-state index contributed by atoms with van der Waals surface area (Å²) in [5, 5.41) is 3.93. The van der Waals surface area contributed by atoms with Crippen LogP contribution in [0.1, 0.15) is 11.1 Å². The summed E-state index contributed by atoms with van der Waals surface area (Å²) in [6, 6.07) is 6.07. The lowest BCUT2D eigenvalue weighted by molar-refractivity contribution is 0.171. The molecule has 1 saturated heterocycles. The summed E-state index contributed by atoms with van der Waals surface area (Å²) in [6.07, 6.45) is 2.49. The topological polar surface area (TPSA) is 85.8 Å². The molecule has 0 radical (unpaired) electrons. The maximum Gasteiger partial charge on any atom is 0.288 e. The summed E-state index contributed by atoms with van der Waals surface area (Å²) in [7, 11) is 0. The van der Waals surface area contributed by atoms with Gasteiger partial charge in [0, 0.05) is 38.3 Å². The van der Waals surface area contributed by atoms with Crippen LogP contribution in [-0.2, 0) is 6.42 Å². The zero-order chi connectivity index (χ0) is 18.8. The minimum absolute atomic E-state index is 0.228. The van der Waals surface area contributed by atoms with Crippen LogP contribution in [0, 0.1) is 6.92 Å². The monoisotopic (exact) mass is 371 g/mol. The Balaban J connectivity index is 1.36. The summed E-state index contributed by atoms with van der Waals surface area (Å²) in [5.41, 5.74) is 2.53. The van der Waals surface area contributed by atoms with Gasteiger partial charge in [-0.25, -0.2) is 0 Å². The van der Waals surface area contributed by atoms with Gasteiger partial charge in [0.2, 0.25) is 0 Å². The molecule has 2 aliphatic heterocycles. The Bertz CT molecular complexity index is 874. The highest BCUT2D eigenvalue weighted by Gasteiger charge is 2.23. The van der Waals surface area contributed by atoms with Crippen LogP contribution < -0.4 is 25.8 Å². The number of piperazine rings is 1. The standard InChI is InChI=1S/C19H25N5O3/c1-14-15(13-21-24(20)19(14)25)5-6-22-7-9-23(10-8-22)16-3-2-4-17-18(16)27-12-11-26-17/h2-4,13H,5-12,20H2,1H3. The van der Waals surface area contributed by atoms with E-state index in [1.807, 2.05) is 12.1 Å². The van der Waals surface area contributed by atoms with Gasteiger partial charge in [-0.15, -0.1) is 4.79 Å². The molecule has 4 rings (SSSR count). The number of anilines is 1. The molecule has 0 saturated carbocycles. The van der Waals surface area contributed by atoms with Crippen molar-refractivity contribution in [1.29, 1.82) is 0 Å². The third-order valence-electron chi connectivity index (χ3n) is 5.30. The van der Waals surface area contributed by atoms with Crippen molar-refractivity contribution in [3.63, 3.8) is 0 Å². The predicted octanol–water partition coefficient (Wildman–Crippen LogP) is 0.401. The lowest BCUT2D eigenvalue weighted by Gasteiger charge is -2.37. The van der Waals surface area contributed by atoms with Crippen LogP contribution in [0.3, 0.4) is 0 Å². The quantitative estimate of drug-likeness (QED) is 0.779. The molecule has 0 bridgehead atoms. The highest BCUT2D eigenvalue weighted by atomic mass is 16.6. The highest BCUT2D eigenvalue weighted by molar-refractivity contribution is 5.65. The number of para-hydroxylation sites is 1. The van der Waals surface area contributed by atoms with Gasteiger partial charge in [0.15, 0.2) is 11.5 Å². The molecule has 1 aromatic carbocycles. The molecule has 2 aromatic rings. The van der Waals surface area contributed by atoms with Gasteiger partial charge in [0.1, 0.15) is 13.2 Å². The number of hydrogen-bond donors (Lipinski definition) is 1. The molecule has 144 valence electrons. The molecule has 1 fully saturated rings. The Morgan fingerprint density at radius 2 is 1.93 bits per heavy atom. The van der Waals surface area contributed by atoms with Crippen molar-refractivity contribution in [3.8, 4) is 11.5 Å². The molecule has 1 aromatic heterocycles. The second kappa shape index (κ2) is 7.48. The molecule has 0 atom stereocenters. The third kappa shape index (κ3) is 3.57. The fourth-order valence-electron chi connectivity index (χ4n) is 3.64. The van der Waals surface area contributed by atoms with E-state index >= 15 is 0 Å². The highest BCUT2D eigenvalue weighted by Crippen LogP contribution is 2.39. The van der Waals surface area contributed by atoms with E-state index in [2.05, 4.69) is 21.0 Å². The summed E-state index contributed by atoms with van der Waals surface area (Å²) >= 11 is 0. The number of benzene rings is 1. The van der Waals surface area contributed by atoms with E-state index in [9.17, 15) is 4.79 Å². The average Bonchev–Trinajstić information content (AvgIpc) is 2.71. The number of ether oxygens (including phenoxy) is 2. The van der Waals surface area contributed by atoms with Gasteiger partial charge in [-0.05, 0) is 31.0 Å². The largest absolute Gasteiger partial charge is 0.486 e. The molecule has 3 heterocycles. The van der Waals surface area contributed by atoms with Crippen molar-refractivity contribution in [3.05, 3.63) is 45.9 Å². The molecular weight excluding hydrogens is 346 g/mol. The van der Waals surface area contributed by atoms with Crippen molar-refractivity contribution >= 4 is 5.69 Å². The summed E-state index contributed by atoms with van der Waals surface area (Å²) < 4.78 is 11.5. The van der Waals surface area contributed by atoms with Crippen LogP contribution in [0.15, 0.2) is 29.2 Å². The van der Waals surface area contributed by atoms with E-state index in [4.69, 9.17) is 15.3 Å². The normalized spacial score (nSPS) is 17.1. The van der Waals surface area contributed by atoms with Gasteiger partial charge in [0.25, 0.3) is 5.56 Å². The molecule has 0 spiro atoms. The molecule has 8 heteroatoms. The van der Waals surface area contributed by atoms with E-state index in [-0.39, 0.29) is 5.56 Å². The number of nitrogen functional groups attached to an aromatic ring is 1. The van der Waals surface area contributed by atoms with Crippen molar-refractivity contribution in [2.24, 2.45) is 0 Å². The molecule has 8 nitrogen and oxygen atoms in total. The van der Waals surface area contributed by atoms with Gasteiger partial charge in [-0.3, -0.25) is 9.69 Å². The molecule has 2 aliphatic rings. The Hall–Kier alpha value is -2.74. The Kier molecular flexibility index (Phi) is 4.89. The molecule has 2 N–H and O–H groups in total. The second-order valence-electron chi connectivity index (χ2n) is 6.92. The van der Waals surface area contributed by atoms with Crippen LogP contribution in [0.5, 0.6) is 11.5 Å². The van der Waals surface area contributed by atoms with Crippen molar-refractivity contribution in [2.75, 3.05) is 56.7 Å². The summed E-state index contributed by atoms with van der Waals surface area (Å²) in [4.78, 5) is 17.6. The number of rotatable bonds is 4. The summed E-state index contributed by atoms with van der Waals surface area (Å²) in [5.74, 6) is 7.20. The Labute approximate surface area is 158 Å². The second-order valence-corrected chi connectivity index (χ2v) is 6.92. The Morgan fingerprint density at radius 1 is 1.15 bits per heavy atom. The SMILES string of the molecule is Cc1c(CCN2CCN(c3cccc4c3OCCO4)CC2)cnn(N)c1=O. The molecule has 0 unspecified atom stereocenters. The van der Waals surface area contributed by atoms with E-state index in [1.54, 1.807) is 13.1 Å². The van der Waals surface area contributed by atoms with E-state index < -0.39 is 0 Å². The van der Waals surface area contributed by atoms with Gasteiger partial charge in [-0.1, -0.05) is 6.07 Å². The molecule has 27 heavy (non-hydrogen) atoms. The zero-order valence-electron chi connectivity index (χ0n) is 15.6. The van der Waals surface area contributed by atoms with Gasteiger partial charge >= 0.3 is 0 Å². The third-order valence-corrected chi connectivity index (χ3v) is 5.30. The average molecular weight is 371 g/mol. The summed E-state index contributed by atoms with van der Waals surface area (Å²) in [6.45, 7) is 7.70. The van der Waals surface area contributed by atoms with E-state index in [0.717, 1.165) is 66.7 Å². The number of nitrogens with zero attached hydrogens (tertiary/aromatic N) is 4. The van der Waals surface area contributed by atoms with Crippen LogP contribution in [0.25, 0.3) is 0 Å². The Morgan fingerprint density at radius 3 is 2.74 bits per heavy atom. The van der Waals surface area contributed by atoms with Crippen molar-refractivity contribution < 1.29 is 9.47 Å². The van der Waals surface area contributed by atoms with Crippen molar-refractivity contribution in [2.45, 2.75) is 13.3 Å². The first-order valence-corrected chi connectivity index (χ1v) is 9.32. The van der Waals surface area contributed by atoms with Crippen LogP contribution in [-0.4, -0.2) is 60.7 Å². The minimum Gasteiger partial charge on any atom is -0.486 e. The molecule has 0 amide bonds. The number of hydrogen-bond acceptors (Lipinski definition) is 7. The first-order chi connectivity index (χ1) is 13.1. The first-order valence-electron chi connectivity index (χ1n) is 9.32. The van der Waals surface area contributed by atoms with Crippen LogP contribution in [0.2, 0.25) is 0 Å². The molecular formula is C19H25N5O3. The van der Waals surface area contributed by atoms with Gasteiger partial charge < -0.3 is 20.2 Å². The lowest BCUT2D eigenvalue weighted by atomic mass is 10.1. The smallest absolute Gasteiger partial charge is 0.288 e. The van der Waals surface area contributed by atoms with Crippen LogP contribution >= 0.6 is 0 Å². The number of fused-ring (bicyclic) bond motifs is 1. The van der Waals surface area contributed by atoms with Gasteiger partial charge in [0.05, 0.1) is 11.9 Å². The fourth-order valence-corrected chi connectivity index (χ4v) is 3.64. The van der Waals surface area contributed by atoms with E-state index in [1.165, 1.54) is 0 Å². The first kappa shape index (κ1) is 17.7. The van der Waals surface area contributed by atoms with Crippen LogP contribution in [0.4, 0.5) is 5.69 Å². The zero-order valence-corrected chi connectivity index (χ0v) is 15.6. The number of nitrogens with two attached hydrogens (primary N) is 1. The number of aromatic nitrogens is 2. The lowest BCUT2D eigenvalue weighted by Crippen LogP contribution is -2.47.